The molecule has 0 aliphatic rings. The molecule has 0 aromatic heterocycles. The maximum Gasteiger partial charge on any atom is 0.150 e. The first-order valence-electron chi connectivity index (χ1n) is 5.93. The van der Waals surface area contributed by atoms with E-state index in [9.17, 15) is 13.5 Å². The summed E-state index contributed by atoms with van der Waals surface area (Å²) in [5.74, 6) is 0.495. The zero-order valence-electron chi connectivity index (χ0n) is 10.7. The van der Waals surface area contributed by atoms with Gasteiger partial charge in [0.25, 0.3) is 0 Å². The molecule has 0 saturated carbocycles. The van der Waals surface area contributed by atoms with Crippen LogP contribution < -0.4 is 4.74 Å². The van der Waals surface area contributed by atoms with Crippen molar-refractivity contribution in [3.63, 3.8) is 0 Å². The van der Waals surface area contributed by atoms with E-state index in [1.54, 1.807) is 6.07 Å². The molecule has 2 rings (SSSR count). The number of sulfone groups is 1. The van der Waals surface area contributed by atoms with Gasteiger partial charge in [0.2, 0.25) is 0 Å². The Morgan fingerprint density at radius 1 is 1.16 bits per heavy atom. The lowest BCUT2D eigenvalue weighted by Crippen LogP contribution is -2.12. The summed E-state index contributed by atoms with van der Waals surface area (Å²) < 4.78 is 27.6. The Bertz CT molecular complexity index is 677. The van der Waals surface area contributed by atoms with Crippen LogP contribution >= 0.6 is 0 Å². The molecule has 102 valence electrons. The first-order chi connectivity index (χ1) is 9.01. The van der Waals surface area contributed by atoms with Gasteiger partial charge in [0.15, 0.2) is 9.84 Å². The van der Waals surface area contributed by atoms with Gasteiger partial charge in [-0.2, -0.15) is 0 Å². The molecule has 0 aliphatic carbocycles. The Kier molecular flexibility index (Phi) is 4.07. The molecular formula is C14H16O4S. The minimum Gasteiger partial charge on any atom is -0.492 e. The predicted molar refractivity (Wildman–Crippen MR) is 75.1 cm³/mol. The van der Waals surface area contributed by atoms with Crippen LogP contribution in [0.5, 0.6) is 5.75 Å². The maximum atomic E-state index is 11.1. The molecule has 1 N–H and O–H groups in total. The molecule has 0 amide bonds. The van der Waals surface area contributed by atoms with Gasteiger partial charge in [0, 0.05) is 11.8 Å². The fourth-order valence-electron chi connectivity index (χ4n) is 1.92. The molecule has 0 bridgehead atoms. The normalized spacial score (nSPS) is 11.7. The fourth-order valence-corrected chi connectivity index (χ4v) is 2.30. The average Bonchev–Trinajstić information content (AvgIpc) is 2.37. The van der Waals surface area contributed by atoms with Crippen LogP contribution in [-0.2, 0) is 16.4 Å². The van der Waals surface area contributed by atoms with Crippen molar-refractivity contribution in [3.05, 3.63) is 42.0 Å². The van der Waals surface area contributed by atoms with Gasteiger partial charge in [-0.3, -0.25) is 0 Å². The molecule has 0 atom stereocenters. The minimum absolute atomic E-state index is 0.0370. The van der Waals surface area contributed by atoms with Crippen molar-refractivity contribution in [3.8, 4) is 5.75 Å². The summed E-state index contributed by atoms with van der Waals surface area (Å²) in [6.45, 7) is -0.0558. The predicted octanol–water partition coefficient (Wildman–Crippen LogP) is 1.76. The summed E-state index contributed by atoms with van der Waals surface area (Å²) in [6.07, 6.45) is 1.17. The highest BCUT2D eigenvalue weighted by atomic mass is 32.2. The van der Waals surface area contributed by atoms with Crippen LogP contribution in [-0.4, -0.2) is 32.1 Å². The first kappa shape index (κ1) is 13.8. The van der Waals surface area contributed by atoms with E-state index in [-0.39, 0.29) is 19.0 Å². The maximum absolute atomic E-state index is 11.1. The number of hydrogen-bond acceptors (Lipinski definition) is 4. The van der Waals surface area contributed by atoms with Gasteiger partial charge >= 0.3 is 0 Å². The zero-order valence-corrected chi connectivity index (χ0v) is 11.5. The number of hydrogen-bond donors (Lipinski definition) is 1. The summed E-state index contributed by atoms with van der Waals surface area (Å²) in [5, 5.41) is 11.4. The van der Waals surface area contributed by atoms with E-state index >= 15 is 0 Å². The molecule has 4 nitrogen and oxygen atoms in total. The fraction of sp³-hybridized carbons (Fsp3) is 0.286. The Labute approximate surface area is 112 Å². The molecule has 19 heavy (non-hydrogen) atoms. The number of benzene rings is 2. The Balaban J connectivity index is 2.28. The Morgan fingerprint density at radius 3 is 2.58 bits per heavy atom. The molecule has 0 saturated heterocycles. The third-order valence-corrected chi connectivity index (χ3v) is 3.78. The van der Waals surface area contributed by atoms with Gasteiger partial charge in [-0.05, 0) is 16.8 Å². The van der Waals surface area contributed by atoms with Gasteiger partial charge in [0.1, 0.15) is 12.4 Å². The van der Waals surface area contributed by atoms with Gasteiger partial charge in [-0.25, -0.2) is 8.42 Å². The second kappa shape index (κ2) is 5.59. The smallest absolute Gasteiger partial charge is 0.150 e. The van der Waals surface area contributed by atoms with E-state index < -0.39 is 9.84 Å². The van der Waals surface area contributed by atoms with Crippen LogP contribution in [0.1, 0.15) is 5.56 Å². The third-order valence-electron chi connectivity index (χ3n) is 2.87. The lowest BCUT2D eigenvalue weighted by molar-refractivity contribution is 0.269. The van der Waals surface area contributed by atoms with Gasteiger partial charge in [0.05, 0.1) is 12.4 Å². The lowest BCUT2D eigenvalue weighted by Gasteiger charge is -2.12. The van der Waals surface area contributed by atoms with E-state index in [0.29, 0.717) is 11.3 Å². The molecule has 2 aromatic carbocycles. The highest BCUT2D eigenvalue weighted by Crippen LogP contribution is 2.28. The van der Waals surface area contributed by atoms with Crippen molar-refractivity contribution in [1.29, 1.82) is 0 Å². The standard InChI is InChI=1S/C14H16O4S/c1-19(16,17)9-8-18-14-7-6-11-4-2-3-5-12(11)13(14)10-15/h2-7,15H,8-10H2,1H3. The topological polar surface area (TPSA) is 63.6 Å². The number of rotatable bonds is 5. The van der Waals surface area contributed by atoms with E-state index in [1.165, 1.54) is 6.26 Å². The third kappa shape index (κ3) is 3.45. The Morgan fingerprint density at radius 2 is 1.89 bits per heavy atom. The average molecular weight is 280 g/mol. The van der Waals surface area contributed by atoms with Crippen molar-refractivity contribution < 1.29 is 18.3 Å². The molecule has 0 heterocycles. The summed E-state index contributed by atoms with van der Waals surface area (Å²) in [4.78, 5) is 0. The van der Waals surface area contributed by atoms with Crippen LogP contribution in [0.3, 0.4) is 0 Å². The summed E-state index contributed by atoms with van der Waals surface area (Å²) in [5.41, 5.74) is 0.687. The molecule has 0 aliphatic heterocycles. The van der Waals surface area contributed by atoms with Crippen molar-refractivity contribution >= 4 is 20.6 Å². The molecule has 0 spiro atoms. The van der Waals surface area contributed by atoms with Crippen molar-refractivity contribution in [2.24, 2.45) is 0 Å². The van der Waals surface area contributed by atoms with Gasteiger partial charge in [-0.15, -0.1) is 0 Å². The Hall–Kier alpha value is -1.59. The molecule has 2 aromatic rings. The van der Waals surface area contributed by atoms with E-state index in [2.05, 4.69) is 0 Å². The molecule has 5 heteroatoms. The first-order valence-corrected chi connectivity index (χ1v) is 7.99. The monoisotopic (exact) mass is 280 g/mol. The SMILES string of the molecule is CS(=O)(=O)CCOc1ccc2ccccc2c1CO. The largest absolute Gasteiger partial charge is 0.492 e. The quantitative estimate of drug-likeness (QED) is 0.906. The second-order valence-corrected chi connectivity index (χ2v) is 6.66. The van der Waals surface area contributed by atoms with Crippen molar-refractivity contribution in [2.75, 3.05) is 18.6 Å². The van der Waals surface area contributed by atoms with Crippen LogP contribution in [0, 0.1) is 0 Å². The molecule has 0 radical (unpaired) electrons. The van der Waals surface area contributed by atoms with Crippen LogP contribution in [0.4, 0.5) is 0 Å². The van der Waals surface area contributed by atoms with E-state index in [0.717, 1.165) is 10.8 Å². The van der Waals surface area contributed by atoms with Gasteiger partial charge < -0.3 is 9.84 Å². The number of aliphatic hydroxyl groups excluding tert-OH is 1. The lowest BCUT2D eigenvalue weighted by atomic mass is 10.0. The van der Waals surface area contributed by atoms with Crippen LogP contribution in [0.2, 0.25) is 0 Å². The summed E-state index contributed by atoms with van der Waals surface area (Å²) in [7, 11) is -3.04. The molecular weight excluding hydrogens is 264 g/mol. The summed E-state index contributed by atoms with van der Waals surface area (Å²) in [6, 6.07) is 11.3. The minimum atomic E-state index is -3.04. The zero-order chi connectivity index (χ0) is 13.9. The molecule has 0 fully saturated rings. The van der Waals surface area contributed by atoms with Crippen molar-refractivity contribution in [1.82, 2.24) is 0 Å². The second-order valence-electron chi connectivity index (χ2n) is 4.40. The van der Waals surface area contributed by atoms with E-state index in [4.69, 9.17) is 4.74 Å². The highest BCUT2D eigenvalue weighted by molar-refractivity contribution is 7.90. The van der Waals surface area contributed by atoms with Crippen LogP contribution in [0.15, 0.2) is 36.4 Å². The summed E-state index contributed by atoms with van der Waals surface area (Å²) >= 11 is 0. The van der Waals surface area contributed by atoms with E-state index in [1.807, 2.05) is 30.3 Å². The number of fused-ring (bicyclic) bond motifs is 1. The number of ether oxygens (including phenoxy) is 1. The van der Waals surface area contributed by atoms with Gasteiger partial charge in [-0.1, -0.05) is 30.3 Å². The molecule has 0 unspecified atom stereocenters. The highest BCUT2D eigenvalue weighted by Gasteiger charge is 2.09. The van der Waals surface area contributed by atoms with Crippen LogP contribution in [0.25, 0.3) is 10.8 Å². The van der Waals surface area contributed by atoms with Crippen molar-refractivity contribution in [2.45, 2.75) is 6.61 Å². The number of aliphatic hydroxyl groups is 1.